The lowest BCUT2D eigenvalue weighted by Gasteiger charge is -2.23. The number of amides is 1. The summed E-state index contributed by atoms with van der Waals surface area (Å²) in [4.78, 5) is 11.7. The highest BCUT2D eigenvalue weighted by molar-refractivity contribution is 7.89. The standard InChI is InChI=1S/C20H20F4N2O4S/c1-11-10-26(6-2-3-17(11)27)31(29,30)18-7-12(4-5-14(18)21)20(28)25-13-8-15(22)19(24)16(23)9-13/h4-5,7-9,11,17,27H,2-3,6,10H2,1H3,(H,25,28)/t11?,17-/m0/s1. The third kappa shape index (κ3) is 4.89. The van der Waals surface area contributed by atoms with Gasteiger partial charge in [0, 0.05) is 36.5 Å². The summed E-state index contributed by atoms with van der Waals surface area (Å²) >= 11 is 0. The molecule has 11 heteroatoms. The van der Waals surface area contributed by atoms with Crippen molar-refractivity contribution in [3.63, 3.8) is 0 Å². The SMILES string of the molecule is CC1CN(S(=O)(=O)c2cc(C(=O)Nc3cc(F)c(F)c(F)c3)ccc2F)CCC[C@@H]1O. The van der Waals surface area contributed by atoms with Gasteiger partial charge in [-0.3, -0.25) is 4.79 Å². The molecule has 1 aliphatic heterocycles. The second-order valence-corrected chi connectivity index (χ2v) is 9.31. The fourth-order valence-corrected chi connectivity index (χ4v) is 5.00. The number of carbonyl (C=O) groups is 1. The molecule has 1 heterocycles. The van der Waals surface area contributed by atoms with Crippen molar-refractivity contribution >= 4 is 21.6 Å². The second kappa shape index (κ2) is 8.93. The van der Waals surface area contributed by atoms with Crippen molar-refractivity contribution in [2.24, 2.45) is 5.92 Å². The van der Waals surface area contributed by atoms with E-state index in [4.69, 9.17) is 0 Å². The molecule has 2 aromatic rings. The topological polar surface area (TPSA) is 86.7 Å². The fourth-order valence-electron chi connectivity index (χ4n) is 3.33. The Bertz CT molecular complexity index is 1090. The van der Waals surface area contributed by atoms with Crippen LogP contribution in [0.4, 0.5) is 23.2 Å². The first-order valence-electron chi connectivity index (χ1n) is 9.44. The van der Waals surface area contributed by atoms with E-state index >= 15 is 0 Å². The van der Waals surface area contributed by atoms with Crippen LogP contribution >= 0.6 is 0 Å². The van der Waals surface area contributed by atoms with Gasteiger partial charge in [0.15, 0.2) is 17.5 Å². The number of benzene rings is 2. The Kier molecular flexibility index (Phi) is 6.68. The molecule has 6 nitrogen and oxygen atoms in total. The molecule has 2 atom stereocenters. The average molecular weight is 460 g/mol. The van der Waals surface area contributed by atoms with Crippen LogP contribution in [0.25, 0.3) is 0 Å². The van der Waals surface area contributed by atoms with Crippen LogP contribution in [0.3, 0.4) is 0 Å². The lowest BCUT2D eigenvalue weighted by atomic mass is 10.0. The molecular formula is C20H20F4N2O4S. The summed E-state index contributed by atoms with van der Waals surface area (Å²) in [5.41, 5.74) is -0.682. The normalized spacial score (nSPS) is 20.3. The third-order valence-corrected chi connectivity index (χ3v) is 6.99. The highest BCUT2D eigenvalue weighted by Gasteiger charge is 2.33. The van der Waals surface area contributed by atoms with Crippen molar-refractivity contribution in [2.75, 3.05) is 18.4 Å². The molecule has 1 amide bonds. The molecule has 2 aromatic carbocycles. The molecule has 1 saturated heterocycles. The summed E-state index contributed by atoms with van der Waals surface area (Å²) in [6.07, 6.45) is 0.107. The number of hydrogen-bond donors (Lipinski definition) is 2. The van der Waals surface area contributed by atoms with E-state index in [2.05, 4.69) is 5.32 Å². The first kappa shape index (κ1) is 23.2. The van der Waals surface area contributed by atoms with Crippen LogP contribution in [-0.4, -0.2) is 42.9 Å². The Hall–Kier alpha value is -2.50. The Morgan fingerprint density at radius 3 is 2.39 bits per heavy atom. The predicted molar refractivity (Wildman–Crippen MR) is 104 cm³/mol. The number of nitrogens with one attached hydrogen (secondary N) is 1. The zero-order chi connectivity index (χ0) is 22.9. The van der Waals surface area contributed by atoms with Crippen LogP contribution in [0.1, 0.15) is 30.1 Å². The van der Waals surface area contributed by atoms with E-state index in [1.165, 1.54) is 0 Å². The summed E-state index contributed by atoms with van der Waals surface area (Å²) in [5, 5.41) is 12.1. The van der Waals surface area contributed by atoms with Crippen LogP contribution in [0.5, 0.6) is 0 Å². The van der Waals surface area contributed by atoms with E-state index in [0.29, 0.717) is 25.0 Å². The smallest absolute Gasteiger partial charge is 0.255 e. The molecule has 0 spiro atoms. The number of sulfonamides is 1. The van der Waals surface area contributed by atoms with Crippen molar-refractivity contribution in [2.45, 2.75) is 30.8 Å². The minimum absolute atomic E-state index is 0.0203. The first-order valence-corrected chi connectivity index (χ1v) is 10.9. The molecule has 0 radical (unpaired) electrons. The number of anilines is 1. The molecule has 31 heavy (non-hydrogen) atoms. The maximum atomic E-state index is 14.4. The van der Waals surface area contributed by atoms with Crippen LogP contribution in [0, 0.1) is 29.2 Å². The van der Waals surface area contributed by atoms with E-state index in [-0.39, 0.29) is 24.6 Å². The highest BCUT2D eigenvalue weighted by Crippen LogP contribution is 2.26. The van der Waals surface area contributed by atoms with Gasteiger partial charge in [-0.15, -0.1) is 0 Å². The fraction of sp³-hybridized carbons (Fsp3) is 0.350. The third-order valence-electron chi connectivity index (χ3n) is 5.11. The van der Waals surface area contributed by atoms with Crippen molar-refractivity contribution < 1.29 is 35.9 Å². The van der Waals surface area contributed by atoms with Gasteiger partial charge in [-0.25, -0.2) is 26.0 Å². The van der Waals surface area contributed by atoms with Gasteiger partial charge in [0.1, 0.15) is 10.7 Å². The Labute approximate surface area is 176 Å². The molecule has 0 aromatic heterocycles. The van der Waals surface area contributed by atoms with Gasteiger partial charge in [0.05, 0.1) is 6.10 Å². The molecule has 1 unspecified atom stereocenters. The second-order valence-electron chi connectivity index (χ2n) is 7.40. The van der Waals surface area contributed by atoms with E-state index in [9.17, 15) is 35.9 Å². The molecular weight excluding hydrogens is 440 g/mol. The van der Waals surface area contributed by atoms with Gasteiger partial charge >= 0.3 is 0 Å². The van der Waals surface area contributed by atoms with Gasteiger partial charge in [0.25, 0.3) is 5.91 Å². The number of aliphatic hydroxyl groups excluding tert-OH is 1. The Morgan fingerprint density at radius 1 is 1.10 bits per heavy atom. The zero-order valence-corrected chi connectivity index (χ0v) is 17.2. The number of carbonyl (C=O) groups excluding carboxylic acids is 1. The predicted octanol–water partition coefficient (Wildman–Crippen LogP) is 3.28. The molecule has 1 aliphatic rings. The molecule has 0 bridgehead atoms. The number of hydrogen-bond acceptors (Lipinski definition) is 4. The van der Waals surface area contributed by atoms with Crippen molar-refractivity contribution in [3.8, 4) is 0 Å². The molecule has 0 aliphatic carbocycles. The summed E-state index contributed by atoms with van der Waals surface area (Å²) in [7, 11) is -4.32. The average Bonchev–Trinajstić information content (AvgIpc) is 2.87. The first-order chi connectivity index (χ1) is 14.5. The van der Waals surface area contributed by atoms with Gasteiger partial charge in [-0.1, -0.05) is 6.92 Å². The summed E-state index contributed by atoms with van der Waals surface area (Å²) in [6, 6.07) is 3.74. The van der Waals surface area contributed by atoms with Gasteiger partial charge in [0.2, 0.25) is 10.0 Å². The van der Waals surface area contributed by atoms with Crippen LogP contribution in [0.15, 0.2) is 35.2 Å². The number of aliphatic hydroxyl groups is 1. The monoisotopic (exact) mass is 460 g/mol. The largest absolute Gasteiger partial charge is 0.393 e. The zero-order valence-electron chi connectivity index (χ0n) is 16.4. The quantitative estimate of drug-likeness (QED) is 0.542. The van der Waals surface area contributed by atoms with Gasteiger partial charge < -0.3 is 10.4 Å². The van der Waals surface area contributed by atoms with E-state index in [1.54, 1.807) is 6.92 Å². The minimum atomic E-state index is -4.32. The summed E-state index contributed by atoms with van der Waals surface area (Å²) in [6.45, 7) is 1.74. The lowest BCUT2D eigenvalue weighted by Crippen LogP contribution is -2.36. The molecule has 3 rings (SSSR count). The van der Waals surface area contributed by atoms with E-state index in [0.717, 1.165) is 22.5 Å². The van der Waals surface area contributed by atoms with Crippen molar-refractivity contribution in [3.05, 3.63) is 59.2 Å². The van der Waals surface area contributed by atoms with Crippen LogP contribution < -0.4 is 5.32 Å². The van der Waals surface area contributed by atoms with Crippen molar-refractivity contribution in [1.29, 1.82) is 0 Å². The molecule has 1 fully saturated rings. The Balaban J connectivity index is 1.90. The maximum absolute atomic E-state index is 14.4. The number of rotatable bonds is 4. The Morgan fingerprint density at radius 2 is 1.74 bits per heavy atom. The van der Waals surface area contributed by atoms with Crippen LogP contribution in [-0.2, 0) is 10.0 Å². The molecule has 0 saturated carbocycles. The van der Waals surface area contributed by atoms with E-state index < -0.39 is 55.9 Å². The summed E-state index contributed by atoms with van der Waals surface area (Å²) < 4.78 is 81.2. The number of halogens is 4. The molecule has 2 N–H and O–H groups in total. The minimum Gasteiger partial charge on any atom is -0.393 e. The van der Waals surface area contributed by atoms with Crippen molar-refractivity contribution in [1.82, 2.24) is 4.31 Å². The van der Waals surface area contributed by atoms with Gasteiger partial charge in [-0.2, -0.15) is 4.31 Å². The maximum Gasteiger partial charge on any atom is 0.255 e. The highest BCUT2D eigenvalue weighted by atomic mass is 32.2. The van der Waals surface area contributed by atoms with Gasteiger partial charge in [-0.05, 0) is 37.0 Å². The number of nitrogens with zero attached hydrogens (tertiary/aromatic N) is 1. The summed E-state index contributed by atoms with van der Waals surface area (Å²) in [5.74, 6) is -7.15. The lowest BCUT2D eigenvalue weighted by molar-refractivity contribution is 0.102. The van der Waals surface area contributed by atoms with E-state index in [1.807, 2.05) is 0 Å². The molecule has 168 valence electrons. The van der Waals surface area contributed by atoms with Crippen LogP contribution in [0.2, 0.25) is 0 Å².